The van der Waals surface area contributed by atoms with Crippen molar-refractivity contribution in [1.29, 1.82) is 0 Å². The molecule has 14 heavy (non-hydrogen) atoms. The van der Waals surface area contributed by atoms with Gasteiger partial charge in [-0.25, -0.2) is 0 Å². The van der Waals surface area contributed by atoms with Crippen molar-refractivity contribution in [2.24, 2.45) is 5.92 Å². The molecule has 4 heteroatoms. The van der Waals surface area contributed by atoms with E-state index in [9.17, 15) is 9.00 Å². The van der Waals surface area contributed by atoms with Crippen LogP contribution in [0.1, 0.15) is 32.6 Å². The summed E-state index contributed by atoms with van der Waals surface area (Å²) < 4.78 is 11.7. The summed E-state index contributed by atoms with van der Waals surface area (Å²) >= 11 is 1.43. The van der Waals surface area contributed by atoms with Gasteiger partial charge in [-0.05, 0) is 31.6 Å². The van der Waals surface area contributed by atoms with Gasteiger partial charge in [0.1, 0.15) is 0 Å². The molecule has 0 N–H and O–H groups in total. The molecular weight excluding hydrogens is 216 g/mol. The third kappa shape index (κ3) is 2.22. The third-order valence-electron chi connectivity index (χ3n) is 3.18. The number of rotatable bonds is 2. The summed E-state index contributed by atoms with van der Waals surface area (Å²) in [6.45, 7) is 1.63. The summed E-state index contributed by atoms with van der Waals surface area (Å²) in [7, 11) is -0.548. The van der Waals surface area contributed by atoms with Crippen LogP contribution in [0.15, 0.2) is 0 Å². The summed E-state index contributed by atoms with van der Waals surface area (Å²) in [6, 6.07) is 0. The highest BCUT2D eigenvalue weighted by Gasteiger charge is 2.40. The first-order chi connectivity index (χ1) is 6.66. The summed E-state index contributed by atoms with van der Waals surface area (Å²) in [4.78, 5) is 10.8. The molecule has 2 nitrogen and oxygen atoms in total. The van der Waals surface area contributed by atoms with Crippen molar-refractivity contribution in [3.05, 3.63) is 0 Å². The summed E-state index contributed by atoms with van der Waals surface area (Å²) in [5, 5.41) is 1.11. The van der Waals surface area contributed by atoms with Gasteiger partial charge >= 0.3 is 0 Å². The zero-order chi connectivity index (χ0) is 10.1. The average molecular weight is 232 g/mol. The fourth-order valence-corrected chi connectivity index (χ4v) is 5.46. The molecule has 0 saturated carbocycles. The van der Waals surface area contributed by atoms with E-state index in [0.29, 0.717) is 16.4 Å². The second-order valence-electron chi connectivity index (χ2n) is 4.29. The van der Waals surface area contributed by atoms with Crippen LogP contribution in [-0.4, -0.2) is 25.6 Å². The minimum atomic E-state index is -0.548. The maximum Gasteiger partial charge on any atom is 0.185 e. The lowest BCUT2D eigenvalue weighted by Gasteiger charge is -2.26. The van der Waals surface area contributed by atoms with Crippen LogP contribution in [0.2, 0.25) is 0 Å². The number of hydrogen-bond donors (Lipinski definition) is 0. The van der Waals surface area contributed by atoms with Gasteiger partial charge in [-0.3, -0.25) is 9.00 Å². The predicted octanol–water partition coefficient (Wildman–Crippen LogP) is 1.96. The van der Waals surface area contributed by atoms with E-state index < -0.39 is 10.8 Å². The van der Waals surface area contributed by atoms with Gasteiger partial charge in [0, 0.05) is 34.0 Å². The van der Waals surface area contributed by atoms with E-state index in [1.807, 2.05) is 0 Å². The van der Waals surface area contributed by atoms with Gasteiger partial charge in [0.15, 0.2) is 5.12 Å². The number of fused-ring (bicyclic) bond motifs is 2. The lowest BCUT2D eigenvalue weighted by atomic mass is 10.0. The van der Waals surface area contributed by atoms with Crippen LogP contribution in [0.3, 0.4) is 0 Å². The van der Waals surface area contributed by atoms with Crippen molar-refractivity contribution < 1.29 is 9.00 Å². The van der Waals surface area contributed by atoms with Crippen LogP contribution in [0.4, 0.5) is 0 Å². The monoisotopic (exact) mass is 232 g/mol. The van der Waals surface area contributed by atoms with Gasteiger partial charge in [-0.15, -0.1) is 0 Å². The first-order valence-corrected chi connectivity index (χ1v) is 7.45. The molecule has 2 rings (SSSR count). The Balaban J connectivity index is 1.87. The normalized spacial score (nSPS) is 41.2. The van der Waals surface area contributed by atoms with E-state index >= 15 is 0 Å². The maximum absolute atomic E-state index is 11.7. The minimum Gasteiger partial charge on any atom is -0.288 e. The predicted molar refractivity (Wildman–Crippen MR) is 60.8 cm³/mol. The lowest BCUT2D eigenvalue weighted by molar-refractivity contribution is -0.109. The molecule has 0 aliphatic carbocycles. The molecule has 2 unspecified atom stereocenters. The number of carbonyl (C=O) groups is 1. The fourth-order valence-electron chi connectivity index (χ4n) is 2.51. The van der Waals surface area contributed by atoms with E-state index in [-0.39, 0.29) is 5.12 Å². The third-order valence-corrected chi connectivity index (χ3v) is 6.40. The highest BCUT2D eigenvalue weighted by Crippen LogP contribution is 2.39. The van der Waals surface area contributed by atoms with E-state index in [2.05, 4.69) is 0 Å². The molecule has 0 aromatic rings. The standard InChI is InChI=1S/C10H16O2S2/c1-7(11)13-6-8-4-9-2-3-10(5-8)14(9)12/h8-10H,2-6H2,1H3. The molecular formula is C10H16O2S2. The Morgan fingerprint density at radius 2 is 1.93 bits per heavy atom. The van der Waals surface area contributed by atoms with Crippen LogP contribution in [0, 0.1) is 5.92 Å². The highest BCUT2D eigenvalue weighted by atomic mass is 32.2. The first-order valence-electron chi connectivity index (χ1n) is 5.19. The fraction of sp³-hybridized carbons (Fsp3) is 0.900. The molecule has 0 amide bonds. The molecule has 2 heterocycles. The molecule has 2 aliphatic rings. The van der Waals surface area contributed by atoms with Crippen LogP contribution in [-0.2, 0) is 15.6 Å². The van der Waals surface area contributed by atoms with Crippen molar-refractivity contribution >= 4 is 27.7 Å². The van der Waals surface area contributed by atoms with Crippen LogP contribution in [0.5, 0.6) is 0 Å². The summed E-state index contributed by atoms with van der Waals surface area (Å²) in [6.07, 6.45) is 4.48. The number of hydrogen-bond acceptors (Lipinski definition) is 3. The van der Waals surface area contributed by atoms with E-state index in [1.165, 1.54) is 11.8 Å². The molecule has 0 spiro atoms. The van der Waals surface area contributed by atoms with Gasteiger partial charge in [-0.2, -0.15) is 0 Å². The molecule has 0 aromatic carbocycles. The van der Waals surface area contributed by atoms with Gasteiger partial charge in [0.25, 0.3) is 0 Å². The molecule has 80 valence electrons. The topological polar surface area (TPSA) is 34.1 Å². The van der Waals surface area contributed by atoms with Crippen molar-refractivity contribution in [2.45, 2.75) is 43.1 Å². The van der Waals surface area contributed by atoms with Crippen molar-refractivity contribution in [3.8, 4) is 0 Å². The molecule has 2 aliphatic heterocycles. The maximum atomic E-state index is 11.7. The Labute approximate surface area is 91.7 Å². The quantitative estimate of drug-likeness (QED) is 0.730. The van der Waals surface area contributed by atoms with Crippen LogP contribution >= 0.6 is 11.8 Å². The largest absolute Gasteiger partial charge is 0.288 e. The Bertz CT molecular complexity index is 249. The molecule has 2 saturated heterocycles. The Morgan fingerprint density at radius 1 is 1.36 bits per heavy atom. The second kappa shape index (κ2) is 4.35. The van der Waals surface area contributed by atoms with E-state index in [0.717, 1.165) is 31.4 Å². The number of thioether (sulfide) groups is 1. The van der Waals surface area contributed by atoms with Gasteiger partial charge in [0.05, 0.1) is 0 Å². The summed E-state index contributed by atoms with van der Waals surface area (Å²) in [5.74, 6) is 1.58. The highest BCUT2D eigenvalue weighted by molar-refractivity contribution is 8.13. The summed E-state index contributed by atoms with van der Waals surface area (Å²) in [5.41, 5.74) is 0. The Kier molecular flexibility index (Phi) is 3.32. The molecule has 2 fully saturated rings. The number of carbonyl (C=O) groups excluding carboxylic acids is 1. The molecule has 2 bridgehead atoms. The lowest BCUT2D eigenvalue weighted by Crippen LogP contribution is -2.29. The average Bonchev–Trinajstić information content (AvgIpc) is 2.41. The van der Waals surface area contributed by atoms with Crippen molar-refractivity contribution in [3.63, 3.8) is 0 Å². The van der Waals surface area contributed by atoms with E-state index in [1.54, 1.807) is 6.92 Å². The SMILES string of the molecule is CC(=O)SCC1CC2CCC(C1)S2=O. The van der Waals surface area contributed by atoms with E-state index in [4.69, 9.17) is 0 Å². The Hall–Kier alpha value is 0.170. The zero-order valence-electron chi connectivity index (χ0n) is 8.40. The molecule has 2 atom stereocenters. The Morgan fingerprint density at radius 3 is 2.43 bits per heavy atom. The van der Waals surface area contributed by atoms with Gasteiger partial charge in [0.2, 0.25) is 0 Å². The zero-order valence-corrected chi connectivity index (χ0v) is 10.0. The van der Waals surface area contributed by atoms with Crippen LogP contribution < -0.4 is 0 Å². The smallest absolute Gasteiger partial charge is 0.185 e. The van der Waals surface area contributed by atoms with Crippen molar-refractivity contribution in [2.75, 3.05) is 5.75 Å². The van der Waals surface area contributed by atoms with Gasteiger partial charge < -0.3 is 0 Å². The second-order valence-corrected chi connectivity index (χ2v) is 7.48. The van der Waals surface area contributed by atoms with Crippen LogP contribution in [0.25, 0.3) is 0 Å². The molecule has 0 aromatic heterocycles. The van der Waals surface area contributed by atoms with Crippen molar-refractivity contribution in [1.82, 2.24) is 0 Å². The first kappa shape index (κ1) is 10.7. The van der Waals surface area contributed by atoms with Gasteiger partial charge in [-0.1, -0.05) is 11.8 Å². The minimum absolute atomic E-state index is 0.212. The molecule has 0 radical (unpaired) electrons.